The third-order valence-corrected chi connectivity index (χ3v) is 1.60. The van der Waals surface area contributed by atoms with Crippen LogP contribution in [0.1, 0.15) is 0 Å². The molecule has 0 fully saturated rings. The first-order valence-corrected chi connectivity index (χ1v) is 3.30. The number of H-pyrrole nitrogens is 1. The molecule has 3 heterocycles. The summed E-state index contributed by atoms with van der Waals surface area (Å²) in [5.74, 6) is 0. The molecule has 3 aromatic heterocycles. The number of nitrogens with one attached hydrogen (secondary N) is 1. The van der Waals surface area contributed by atoms with Gasteiger partial charge in [0.1, 0.15) is 12.7 Å². The van der Waals surface area contributed by atoms with Crippen LogP contribution in [0.15, 0.2) is 12.7 Å². The van der Waals surface area contributed by atoms with Crippen molar-refractivity contribution in [1.82, 2.24) is 35.0 Å². The fraction of sp³-hybridized carbons (Fsp3) is 0. The van der Waals surface area contributed by atoms with E-state index < -0.39 is 0 Å². The SMILES string of the molecule is c1nc2c3n[nH]nc3ncn2n1. The van der Waals surface area contributed by atoms with E-state index in [1.54, 1.807) is 10.8 Å². The van der Waals surface area contributed by atoms with E-state index in [0.717, 1.165) is 0 Å². The summed E-state index contributed by atoms with van der Waals surface area (Å²) < 4.78 is 1.55. The first kappa shape index (κ1) is 5.58. The van der Waals surface area contributed by atoms with Crippen LogP contribution in [-0.2, 0) is 0 Å². The number of aromatic nitrogens is 7. The summed E-state index contributed by atoms with van der Waals surface area (Å²) in [6.07, 6.45) is 3.00. The molecular formula is C5H3N7. The van der Waals surface area contributed by atoms with Crippen molar-refractivity contribution in [2.75, 3.05) is 0 Å². The van der Waals surface area contributed by atoms with E-state index in [4.69, 9.17) is 0 Å². The predicted molar refractivity (Wildman–Crippen MR) is 38.2 cm³/mol. The molecular weight excluding hydrogens is 158 g/mol. The Morgan fingerprint density at radius 2 is 2.25 bits per heavy atom. The molecule has 0 saturated heterocycles. The highest BCUT2D eigenvalue weighted by Gasteiger charge is 2.05. The highest BCUT2D eigenvalue weighted by atomic mass is 15.4. The van der Waals surface area contributed by atoms with Crippen molar-refractivity contribution in [3.05, 3.63) is 12.7 Å². The molecule has 0 bridgehead atoms. The largest absolute Gasteiger partial charge is 0.213 e. The summed E-state index contributed by atoms with van der Waals surface area (Å²) in [6.45, 7) is 0. The molecule has 7 nitrogen and oxygen atoms in total. The maximum atomic E-state index is 4.01. The topological polar surface area (TPSA) is 84.6 Å². The van der Waals surface area contributed by atoms with Crippen molar-refractivity contribution in [1.29, 1.82) is 0 Å². The van der Waals surface area contributed by atoms with Gasteiger partial charge in [-0.15, -0.1) is 5.10 Å². The van der Waals surface area contributed by atoms with E-state index in [1.165, 1.54) is 6.33 Å². The molecule has 3 rings (SSSR count). The molecule has 0 amide bonds. The summed E-state index contributed by atoms with van der Waals surface area (Å²) >= 11 is 0. The zero-order chi connectivity index (χ0) is 7.97. The third-order valence-electron chi connectivity index (χ3n) is 1.60. The number of fused-ring (bicyclic) bond motifs is 3. The average molecular weight is 161 g/mol. The number of nitrogens with zero attached hydrogens (tertiary/aromatic N) is 6. The molecule has 0 saturated carbocycles. The minimum Gasteiger partial charge on any atom is -0.213 e. The molecule has 0 aliphatic heterocycles. The fourth-order valence-electron chi connectivity index (χ4n) is 1.08. The Balaban J connectivity index is 2.71. The summed E-state index contributed by atoms with van der Waals surface area (Å²) in [4.78, 5) is 8.01. The van der Waals surface area contributed by atoms with Gasteiger partial charge in [0.05, 0.1) is 0 Å². The Bertz CT molecular complexity index is 485. The van der Waals surface area contributed by atoms with Gasteiger partial charge >= 0.3 is 0 Å². The molecule has 0 aliphatic carbocycles. The zero-order valence-electron chi connectivity index (χ0n) is 5.84. The quantitative estimate of drug-likeness (QED) is 0.475. The van der Waals surface area contributed by atoms with Crippen molar-refractivity contribution < 1.29 is 0 Å². The van der Waals surface area contributed by atoms with Crippen molar-refractivity contribution in [2.45, 2.75) is 0 Å². The van der Waals surface area contributed by atoms with Crippen molar-refractivity contribution >= 4 is 16.8 Å². The van der Waals surface area contributed by atoms with Gasteiger partial charge in [0, 0.05) is 0 Å². The maximum absolute atomic E-state index is 4.01. The normalized spacial score (nSPS) is 11.3. The molecule has 3 aromatic rings. The number of rotatable bonds is 0. The van der Waals surface area contributed by atoms with E-state index >= 15 is 0 Å². The lowest BCUT2D eigenvalue weighted by Crippen LogP contribution is -1.90. The van der Waals surface area contributed by atoms with Gasteiger partial charge in [-0.25, -0.2) is 14.5 Å². The molecule has 0 aromatic carbocycles. The molecule has 0 aliphatic rings. The van der Waals surface area contributed by atoms with Crippen LogP contribution >= 0.6 is 0 Å². The van der Waals surface area contributed by atoms with Gasteiger partial charge in [-0.05, 0) is 0 Å². The molecule has 12 heavy (non-hydrogen) atoms. The average Bonchev–Trinajstić information content (AvgIpc) is 2.71. The smallest absolute Gasteiger partial charge is 0.206 e. The predicted octanol–water partition coefficient (Wildman–Crippen LogP) is -0.604. The standard InChI is InChI=1S/C5H3N7/c1-6-5-3-4(10-11-9-3)7-2-12(5)8-1/h1-2H,(H,9,10,11). The third kappa shape index (κ3) is 0.529. The van der Waals surface area contributed by atoms with Crippen LogP contribution in [0.25, 0.3) is 16.8 Å². The Morgan fingerprint density at radius 3 is 3.25 bits per heavy atom. The van der Waals surface area contributed by atoms with Crippen molar-refractivity contribution in [3.8, 4) is 0 Å². The second kappa shape index (κ2) is 1.76. The van der Waals surface area contributed by atoms with Gasteiger partial charge in [-0.2, -0.15) is 15.4 Å². The molecule has 0 spiro atoms. The van der Waals surface area contributed by atoms with Gasteiger partial charge in [0.15, 0.2) is 11.2 Å². The lowest BCUT2D eigenvalue weighted by molar-refractivity contribution is 0.930. The zero-order valence-corrected chi connectivity index (χ0v) is 5.84. The molecule has 0 radical (unpaired) electrons. The van der Waals surface area contributed by atoms with E-state index in [1.807, 2.05) is 0 Å². The summed E-state index contributed by atoms with van der Waals surface area (Å²) in [5.41, 5.74) is 1.85. The molecule has 0 unspecified atom stereocenters. The van der Waals surface area contributed by atoms with E-state index in [2.05, 4.69) is 30.5 Å². The van der Waals surface area contributed by atoms with Crippen LogP contribution in [0.4, 0.5) is 0 Å². The van der Waals surface area contributed by atoms with Crippen LogP contribution < -0.4 is 0 Å². The van der Waals surface area contributed by atoms with Gasteiger partial charge in [0.25, 0.3) is 0 Å². The van der Waals surface area contributed by atoms with E-state index in [-0.39, 0.29) is 0 Å². The highest BCUT2D eigenvalue weighted by Crippen LogP contribution is 2.07. The van der Waals surface area contributed by atoms with Gasteiger partial charge in [-0.3, -0.25) is 0 Å². The van der Waals surface area contributed by atoms with Crippen LogP contribution in [0.2, 0.25) is 0 Å². The van der Waals surface area contributed by atoms with Gasteiger partial charge in [0.2, 0.25) is 5.65 Å². The summed E-state index contributed by atoms with van der Waals surface area (Å²) in [6, 6.07) is 0. The summed E-state index contributed by atoms with van der Waals surface area (Å²) in [7, 11) is 0. The number of aromatic amines is 1. The number of hydrogen-bond donors (Lipinski definition) is 1. The monoisotopic (exact) mass is 161 g/mol. The fourth-order valence-corrected chi connectivity index (χ4v) is 1.08. The molecule has 1 N–H and O–H groups in total. The van der Waals surface area contributed by atoms with Gasteiger partial charge < -0.3 is 0 Å². The Hall–Kier alpha value is -2.05. The highest BCUT2D eigenvalue weighted by molar-refractivity contribution is 5.83. The minimum absolute atomic E-state index is 0.551. The second-order valence-electron chi connectivity index (χ2n) is 2.27. The molecule has 58 valence electrons. The van der Waals surface area contributed by atoms with Gasteiger partial charge in [-0.1, -0.05) is 0 Å². The Kier molecular flexibility index (Phi) is 0.817. The maximum Gasteiger partial charge on any atom is 0.206 e. The minimum atomic E-state index is 0.551. The Morgan fingerprint density at radius 1 is 1.25 bits per heavy atom. The van der Waals surface area contributed by atoms with Crippen LogP contribution in [0.5, 0.6) is 0 Å². The van der Waals surface area contributed by atoms with Crippen molar-refractivity contribution in [2.24, 2.45) is 0 Å². The molecule has 0 atom stereocenters. The lowest BCUT2D eigenvalue weighted by Gasteiger charge is -1.87. The van der Waals surface area contributed by atoms with Crippen LogP contribution in [0.3, 0.4) is 0 Å². The van der Waals surface area contributed by atoms with Crippen LogP contribution in [0, 0.1) is 0 Å². The first-order chi connectivity index (χ1) is 5.95. The Labute approximate surface area is 65.4 Å². The van der Waals surface area contributed by atoms with E-state index in [9.17, 15) is 0 Å². The van der Waals surface area contributed by atoms with E-state index in [0.29, 0.717) is 16.8 Å². The molecule has 7 heteroatoms. The van der Waals surface area contributed by atoms with Crippen LogP contribution in [-0.4, -0.2) is 35.0 Å². The lowest BCUT2D eigenvalue weighted by atomic mass is 10.5. The number of hydrogen-bond acceptors (Lipinski definition) is 5. The van der Waals surface area contributed by atoms with Crippen molar-refractivity contribution in [3.63, 3.8) is 0 Å². The second-order valence-corrected chi connectivity index (χ2v) is 2.27. The first-order valence-electron chi connectivity index (χ1n) is 3.30. The summed E-state index contributed by atoms with van der Waals surface area (Å²) in [5, 5.41) is 14.1.